The van der Waals surface area contributed by atoms with Crippen LogP contribution in [-0.4, -0.2) is 49.7 Å². The van der Waals surface area contributed by atoms with Crippen molar-refractivity contribution < 1.29 is 9.13 Å². The summed E-state index contributed by atoms with van der Waals surface area (Å²) in [7, 11) is 0. The summed E-state index contributed by atoms with van der Waals surface area (Å²) in [6.45, 7) is 7.95. The van der Waals surface area contributed by atoms with Crippen molar-refractivity contribution in [2.24, 2.45) is 4.99 Å². The molecule has 0 amide bonds. The van der Waals surface area contributed by atoms with Gasteiger partial charge in [-0.2, -0.15) is 0 Å². The van der Waals surface area contributed by atoms with Gasteiger partial charge in [-0.3, -0.25) is 4.90 Å². The summed E-state index contributed by atoms with van der Waals surface area (Å²) in [5.41, 5.74) is 3.35. The van der Waals surface area contributed by atoms with E-state index in [1.165, 1.54) is 17.2 Å². The highest BCUT2D eigenvalue weighted by Crippen LogP contribution is 2.41. The lowest BCUT2D eigenvalue weighted by Crippen LogP contribution is -2.39. The van der Waals surface area contributed by atoms with E-state index in [9.17, 15) is 4.39 Å². The van der Waals surface area contributed by atoms with Crippen LogP contribution in [0.2, 0.25) is 0 Å². The molecule has 1 heterocycles. The van der Waals surface area contributed by atoms with Gasteiger partial charge in [-0.05, 0) is 36.1 Å². The summed E-state index contributed by atoms with van der Waals surface area (Å²) in [4.78, 5) is 7.25. The Kier molecular flexibility index (Phi) is 9.10. The van der Waals surface area contributed by atoms with E-state index in [0.717, 1.165) is 57.3 Å². The first kappa shape index (κ1) is 23.9. The van der Waals surface area contributed by atoms with Gasteiger partial charge < -0.3 is 15.4 Å². The fourth-order valence-electron chi connectivity index (χ4n) is 4.00. The maximum atomic E-state index is 14.1. The van der Waals surface area contributed by atoms with Gasteiger partial charge in [-0.1, -0.05) is 42.5 Å². The third kappa shape index (κ3) is 6.63. The van der Waals surface area contributed by atoms with E-state index < -0.39 is 0 Å². The number of aliphatic imine (C=N–C) groups is 1. The maximum absolute atomic E-state index is 14.1. The minimum Gasteiger partial charge on any atom is -0.379 e. The topological polar surface area (TPSA) is 48.9 Å². The van der Waals surface area contributed by atoms with E-state index in [4.69, 9.17) is 9.73 Å². The molecule has 2 N–H and O–H groups in total. The maximum Gasteiger partial charge on any atom is 0.191 e. The lowest BCUT2D eigenvalue weighted by molar-refractivity contribution is 0.0341. The van der Waals surface area contributed by atoms with Crippen LogP contribution in [-0.2, 0) is 17.8 Å². The van der Waals surface area contributed by atoms with Crippen molar-refractivity contribution in [2.75, 3.05) is 32.8 Å². The lowest BCUT2D eigenvalue weighted by atomic mass is 10.1. The van der Waals surface area contributed by atoms with Gasteiger partial charge in [0.05, 0.1) is 19.8 Å². The first-order valence-corrected chi connectivity index (χ1v) is 10.9. The Hall–Kier alpha value is -1.71. The fourth-order valence-corrected chi connectivity index (χ4v) is 4.00. The summed E-state index contributed by atoms with van der Waals surface area (Å²) in [5, 5.41) is 6.81. The van der Waals surface area contributed by atoms with Crippen molar-refractivity contribution in [1.82, 2.24) is 15.5 Å². The van der Waals surface area contributed by atoms with Gasteiger partial charge in [-0.25, -0.2) is 9.38 Å². The zero-order valence-corrected chi connectivity index (χ0v) is 20.3. The Morgan fingerprint density at radius 3 is 2.55 bits per heavy atom. The monoisotopic (exact) mass is 538 g/mol. The normalized spacial score (nSPS) is 21.3. The van der Waals surface area contributed by atoms with Crippen LogP contribution in [0.15, 0.2) is 53.5 Å². The van der Waals surface area contributed by atoms with E-state index in [1.54, 1.807) is 6.07 Å². The van der Waals surface area contributed by atoms with Crippen molar-refractivity contribution in [1.29, 1.82) is 0 Å². The number of nitrogens with zero attached hydrogens (tertiary/aromatic N) is 2. The minimum absolute atomic E-state index is 0. The van der Waals surface area contributed by atoms with E-state index in [1.807, 2.05) is 12.1 Å². The summed E-state index contributed by atoms with van der Waals surface area (Å²) >= 11 is 0. The molecule has 2 aliphatic rings. The van der Waals surface area contributed by atoms with E-state index >= 15 is 0 Å². The molecule has 0 radical (unpaired) electrons. The van der Waals surface area contributed by atoms with Crippen LogP contribution in [0.4, 0.5) is 4.39 Å². The van der Waals surface area contributed by atoms with Crippen LogP contribution in [0.25, 0.3) is 0 Å². The number of rotatable bonds is 7. The van der Waals surface area contributed by atoms with E-state index in [2.05, 4.69) is 46.7 Å². The molecule has 7 heteroatoms. The number of benzene rings is 2. The van der Waals surface area contributed by atoms with Gasteiger partial charge in [-0.15, -0.1) is 24.0 Å². The molecule has 2 fully saturated rings. The molecule has 2 unspecified atom stereocenters. The molecule has 31 heavy (non-hydrogen) atoms. The molecule has 1 saturated heterocycles. The van der Waals surface area contributed by atoms with Crippen LogP contribution in [0, 0.1) is 5.82 Å². The summed E-state index contributed by atoms with van der Waals surface area (Å²) < 4.78 is 19.5. The van der Waals surface area contributed by atoms with Crippen molar-refractivity contribution >= 4 is 29.9 Å². The van der Waals surface area contributed by atoms with Crippen molar-refractivity contribution in [3.63, 3.8) is 0 Å². The van der Waals surface area contributed by atoms with Crippen molar-refractivity contribution in [2.45, 2.75) is 38.4 Å². The molecule has 1 aliphatic heterocycles. The molecule has 168 valence electrons. The number of hydrogen-bond acceptors (Lipinski definition) is 3. The van der Waals surface area contributed by atoms with E-state index in [0.29, 0.717) is 6.54 Å². The number of nitrogens with one attached hydrogen (secondary N) is 2. The first-order valence-electron chi connectivity index (χ1n) is 10.9. The highest BCUT2D eigenvalue weighted by atomic mass is 127. The lowest BCUT2D eigenvalue weighted by Gasteiger charge is -2.27. The first-order chi connectivity index (χ1) is 14.7. The molecule has 0 spiro atoms. The molecule has 2 atom stereocenters. The molecule has 2 aromatic rings. The molecule has 2 aromatic carbocycles. The van der Waals surface area contributed by atoms with Crippen LogP contribution >= 0.6 is 24.0 Å². The second-order valence-electron chi connectivity index (χ2n) is 7.97. The van der Waals surface area contributed by atoms with Gasteiger partial charge >= 0.3 is 0 Å². The average Bonchev–Trinajstić information content (AvgIpc) is 3.53. The van der Waals surface area contributed by atoms with Crippen LogP contribution in [0.3, 0.4) is 0 Å². The second-order valence-corrected chi connectivity index (χ2v) is 7.97. The zero-order chi connectivity index (χ0) is 20.8. The smallest absolute Gasteiger partial charge is 0.191 e. The Balaban J connectivity index is 0.00000272. The number of guanidine groups is 1. The van der Waals surface area contributed by atoms with Crippen LogP contribution in [0.1, 0.15) is 36.0 Å². The molecular weight excluding hydrogens is 506 g/mol. The molecule has 1 aliphatic carbocycles. The SMILES string of the molecule is CCNC(=NCc1ccccc1CN1CCOCC1)NC1CC1c1ccccc1F.I. The van der Waals surface area contributed by atoms with Crippen LogP contribution < -0.4 is 10.6 Å². The Morgan fingerprint density at radius 2 is 1.81 bits per heavy atom. The Labute approximate surface area is 201 Å². The highest BCUT2D eigenvalue weighted by molar-refractivity contribution is 14.0. The summed E-state index contributed by atoms with van der Waals surface area (Å²) in [6, 6.07) is 15.8. The summed E-state index contributed by atoms with van der Waals surface area (Å²) in [5.74, 6) is 0.886. The average molecular weight is 538 g/mol. The number of halogens is 2. The van der Waals surface area contributed by atoms with Gasteiger partial charge in [0.15, 0.2) is 5.96 Å². The van der Waals surface area contributed by atoms with Crippen molar-refractivity contribution in [3.8, 4) is 0 Å². The van der Waals surface area contributed by atoms with Gasteiger partial charge in [0.2, 0.25) is 0 Å². The highest BCUT2D eigenvalue weighted by Gasteiger charge is 2.40. The third-order valence-electron chi connectivity index (χ3n) is 5.79. The zero-order valence-electron chi connectivity index (χ0n) is 18.0. The number of morpholine rings is 1. The largest absolute Gasteiger partial charge is 0.379 e. The third-order valence-corrected chi connectivity index (χ3v) is 5.79. The number of hydrogen-bond donors (Lipinski definition) is 2. The van der Waals surface area contributed by atoms with Crippen LogP contribution in [0.5, 0.6) is 0 Å². The minimum atomic E-state index is -0.120. The van der Waals surface area contributed by atoms with Gasteiger partial charge in [0.25, 0.3) is 0 Å². The summed E-state index contributed by atoms with van der Waals surface area (Å²) in [6.07, 6.45) is 0.930. The molecular formula is C24H32FIN4O. The van der Waals surface area contributed by atoms with E-state index in [-0.39, 0.29) is 41.8 Å². The fraction of sp³-hybridized carbons (Fsp3) is 0.458. The quantitative estimate of drug-likeness (QED) is 0.319. The molecule has 1 saturated carbocycles. The van der Waals surface area contributed by atoms with Crippen molar-refractivity contribution in [3.05, 3.63) is 71.0 Å². The predicted octanol–water partition coefficient (Wildman–Crippen LogP) is 3.89. The van der Waals surface area contributed by atoms with Gasteiger partial charge in [0.1, 0.15) is 5.82 Å². The number of ether oxygens (including phenoxy) is 1. The predicted molar refractivity (Wildman–Crippen MR) is 133 cm³/mol. The second kappa shape index (κ2) is 11.8. The molecule has 0 bridgehead atoms. The Bertz CT molecular complexity index is 872. The molecule has 0 aromatic heterocycles. The Morgan fingerprint density at radius 1 is 1.10 bits per heavy atom. The van der Waals surface area contributed by atoms with Gasteiger partial charge in [0, 0.05) is 38.1 Å². The molecule has 5 nitrogen and oxygen atoms in total. The molecule has 4 rings (SSSR count). The standard InChI is InChI=1S/C24H31FN4O.HI/c1-2-26-24(28-23-15-21(23)20-9-5-6-10-22(20)25)27-16-18-7-3-4-8-19(18)17-29-11-13-30-14-12-29;/h3-10,21,23H,2,11-17H2,1H3,(H2,26,27,28);1H.